The van der Waals surface area contributed by atoms with Gasteiger partial charge < -0.3 is 15.0 Å². The average molecular weight is 297 g/mol. The molecular weight excluding hydrogens is 262 g/mol. The molecule has 0 spiro atoms. The van der Waals surface area contributed by atoms with E-state index in [2.05, 4.69) is 36.0 Å². The van der Waals surface area contributed by atoms with Crippen LogP contribution in [-0.4, -0.2) is 75.4 Å². The topological polar surface area (TPSA) is 27.7 Å². The highest BCUT2D eigenvalue weighted by molar-refractivity contribution is 4.90. The molecular formula is C17H35N3O. The first kappa shape index (κ1) is 17.2. The molecule has 1 unspecified atom stereocenters. The molecule has 0 bridgehead atoms. The van der Waals surface area contributed by atoms with Crippen molar-refractivity contribution in [3.8, 4) is 0 Å². The Bertz CT molecular complexity index is 292. The van der Waals surface area contributed by atoms with E-state index in [4.69, 9.17) is 4.74 Å². The molecule has 0 aromatic rings. The van der Waals surface area contributed by atoms with Crippen molar-refractivity contribution in [2.24, 2.45) is 5.41 Å². The molecule has 0 aromatic heterocycles. The fourth-order valence-electron chi connectivity index (χ4n) is 3.79. The number of rotatable bonds is 7. The van der Waals surface area contributed by atoms with Crippen LogP contribution < -0.4 is 5.32 Å². The van der Waals surface area contributed by atoms with Crippen molar-refractivity contribution < 1.29 is 4.74 Å². The Labute approximate surface area is 131 Å². The van der Waals surface area contributed by atoms with Crippen LogP contribution in [0.25, 0.3) is 0 Å². The second kappa shape index (κ2) is 8.47. The van der Waals surface area contributed by atoms with Gasteiger partial charge >= 0.3 is 0 Å². The summed E-state index contributed by atoms with van der Waals surface area (Å²) >= 11 is 0. The second-order valence-corrected chi connectivity index (χ2v) is 7.07. The van der Waals surface area contributed by atoms with Gasteiger partial charge in [-0.15, -0.1) is 0 Å². The fourth-order valence-corrected chi connectivity index (χ4v) is 3.79. The van der Waals surface area contributed by atoms with Crippen molar-refractivity contribution in [1.82, 2.24) is 15.1 Å². The number of hydrogen-bond acceptors (Lipinski definition) is 4. The minimum atomic E-state index is 0.432. The van der Waals surface area contributed by atoms with Gasteiger partial charge in [-0.25, -0.2) is 0 Å². The lowest BCUT2D eigenvalue weighted by Crippen LogP contribution is -2.55. The van der Waals surface area contributed by atoms with Crippen molar-refractivity contribution >= 4 is 0 Å². The molecule has 0 saturated carbocycles. The molecule has 2 aliphatic heterocycles. The Morgan fingerprint density at radius 3 is 2.62 bits per heavy atom. The second-order valence-electron chi connectivity index (χ2n) is 7.07. The lowest BCUT2D eigenvalue weighted by atomic mass is 9.79. The Hall–Kier alpha value is -0.160. The standard InChI is InChI=1S/C17H35N3O/c1-4-8-18-14-17(6-11-21-12-7-17)15-20-10-9-19(3)16(5-2)13-20/h16,18H,4-15H2,1-3H3. The summed E-state index contributed by atoms with van der Waals surface area (Å²) in [6.07, 6.45) is 4.91. The Morgan fingerprint density at radius 1 is 1.19 bits per heavy atom. The zero-order chi connectivity index (χ0) is 15.1. The van der Waals surface area contributed by atoms with Gasteiger partial charge in [-0.2, -0.15) is 0 Å². The van der Waals surface area contributed by atoms with Crippen molar-refractivity contribution in [2.75, 3.05) is 59.5 Å². The minimum absolute atomic E-state index is 0.432. The third kappa shape index (κ3) is 4.92. The number of likely N-dealkylation sites (N-methyl/N-ethyl adjacent to an activating group) is 1. The van der Waals surface area contributed by atoms with Crippen LogP contribution in [0.2, 0.25) is 0 Å². The summed E-state index contributed by atoms with van der Waals surface area (Å²) in [4.78, 5) is 5.25. The van der Waals surface area contributed by atoms with E-state index in [1.54, 1.807) is 0 Å². The van der Waals surface area contributed by atoms with Gasteiger partial charge in [0.1, 0.15) is 0 Å². The summed E-state index contributed by atoms with van der Waals surface area (Å²) in [6, 6.07) is 0.735. The van der Waals surface area contributed by atoms with Crippen molar-refractivity contribution in [3.63, 3.8) is 0 Å². The SMILES string of the molecule is CCCNCC1(CN2CCN(C)C(CC)C2)CCOCC1. The molecule has 4 nitrogen and oxygen atoms in total. The quantitative estimate of drug-likeness (QED) is 0.725. The molecule has 124 valence electrons. The lowest BCUT2D eigenvalue weighted by Gasteiger charge is -2.45. The molecule has 2 heterocycles. The number of nitrogens with one attached hydrogen (secondary N) is 1. The molecule has 2 rings (SSSR count). The smallest absolute Gasteiger partial charge is 0.0472 e. The van der Waals surface area contributed by atoms with E-state index in [-0.39, 0.29) is 0 Å². The van der Waals surface area contributed by atoms with Crippen molar-refractivity contribution in [1.29, 1.82) is 0 Å². The summed E-state index contributed by atoms with van der Waals surface area (Å²) in [5.74, 6) is 0. The van der Waals surface area contributed by atoms with E-state index in [1.165, 1.54) is 51.9 Å². The lowest BCUT2D eigenvalue weighted by molar-refractivity contribution is -0.0180. The Kier molecular flexibility index (Phi) is 6.93. The summed E-state index contributed by atoms with van der Waals surface area (Å²) in [6.45, 7) is 13.7. The third-order valence-electron chi connectivity index (χ3n) is 5.37. The van der Waals surface area contributed by atoms with Crippen LogP contribution in [0.3, 0.4) is 0 Å². The Morgan fingerprint density at radius 2 is 1.95 bits per heavy atom. The van der Waals surface area contributed by atoms with Crippen LogP contribution in [0.15, 0.2) is 0 Å². The van der Waals surface area contributed by atoms with Crippen molar-refractivity contribution in [2.45, 2.75) is 45.6 Å². The van der Waals surface area contributed by atoms with Crippen LogP contribution in [0.4, 0.5) is 0 Å². The van der Waals surface area contributed by atoms with Crippen molar-refractivity contribution in [3.05, 3.63) is 0 Å². The molecule has 2 saturated heterocycles. The highest BCUT2D eigenvalue weighted by Gasteiger charge is 2.35. The molecule has 0 amide bonds. The predicted octanol–water partition coefficient (Wildman–Crippen LogP) is 1.81. The summed E-state index contributed by atoms with van der Waals surface area (Å²) < 4.78 is 5.63. The van der Waals surface area contributed by atoms with Gasteiger partial charge in [0, 0.05) is 52.0 Å². The van der Waals surface area contributed by atoms with Gasteiger partial charge in [-0.1, -0.05) is 13.8 Å². The number of ether oxygens (including phenoxy) is 1. The number of hydrogen-bond donors (Lipinski definition) is 1. The number of piperazine rings is 1. The zero-order valence-electron chi connectivity index (χ0n) is 14.4. The first-order valence-electron chi connectivity index (χ1n) is 8.90. The molecule has 21 heavy (non-hydrogen) atoms. The first-order chi connectivity index (χ1) is 10.2. The van der Waals surface area contributed by atoms with Crippen LogP contribution >= 0.6 is 0 Å². The molecule has 2 aliphatic rings. The largest absolute Gasteiger partial charge is 0.381 e. The van der Waals surface area contributed by atoms with E-state index >= 15 is 0 Å². The van der Waals surface area contributed by atoms with E-state index in [9.17, 15) is 0 Å². The fraction of sp³-hybridized carbons (Fsp3) is 1.00. The maximum Gasteiger partial charge on any atom is 0.0472 e. The van der Waals surface area contributed by atoms with Gasteiger partial charge in [-0.05, 0) is 44.7 Å². The molecule has 0 aliphatic carbocycles. The van der Waals surface area contributed by atoms with E-state index in [0.717, 1.165) is 32.3 Å². The van der Waals surface area contributed by atoms with Gasteiger partial charge in [0.05, 0.1) is 0 Å². The highest BCUT2D eigenvalue weighted by Crippen LogP contribution is 2.31. The Balaban J connectivity index is 1.91. The average Bonchev–Trinajstić information content (AvgIpc) is 2.50. The van der Waals surface area contributed by atoms with Gasteiger partial charge in [0.2, 0.25) is 0 Å². The molecule has 4 heteroatoms. The minimum Gasteiger partial charge on any atom is -0.381 e. The van der Waals surface area contributed by atoms with Gasteiger partial charge in [-0.3, -0.25) is 4.90 Å². The zero-order valence-corrected chi connectivity index (χ0v) is 14.4. The van der Waals surface area contributed by atoms with E-state index < -0.39 is 0 Å². The van der Waals surface area contributed by atoms with Crippen LogP contribution in [0.1, 0.15) is 39.5 Å². The molecule has 2 fully saturated rings. The summed E-state index contributed by atoms with van der Waals surface area (Å²) in [5, 5.41) is 3.68. The van der Waals surface area contributed by atoms with Gasteiger partial charge in [0.25, 0.3) is 0 Å². The maximum absolute atomic E-state index is 5.63. The van der Waals surface area contributed by atoms with E-state index in [0.29, 0.717) is 5.41 Å². The summed E-state index contributed by atoms with van der Waals surface area (Å²) in [5.41, 5.74) is 0.432. The first-order valence-corrected chi connectivity index (χ1v) is 8.90. The molecule has 1 atom stereocenters. The van der Waals surface area contributed by atoms with Crippen LogP contribution in [-0.2, 0) is 4.74 Å². The van der Waals surface area contributed by atoms with Crippen LogP contribution in [0.5, 0.6) is 0 Å². The monoisotopic (exact) mass is 297 g/mol. The molecule has 1 N–H and O–H groups in total. The normalized spacial score (nSPS) is 27.9. The molecule has 0 aromatic carbocycles. The third-order valence-corrected chi connectivity index (χ3v) is 5.37. The highest BCUT2D eigenvalue weighted by atomic mass is 16.5. The summed E-state index contributed by atoms with van der Waals surface area (Å²) in [7, 11) is 2.28. The van der Waals surface area contributed by atoms with Crippen LogP contribution in [0, 0.1) is 5.41 Å². The van der Waals surface area contributed by atoms with Gasteiger partial charge in [0.15, 0.2) is 0 Å². The van der Waals surface area contributed by atoms with E-state index in [1.807, 2.05) is 0 Å². The predicted molar refractivity (Wildman–Crippen MR) is 88.8 cm³/mol. The maximum atomic E-state index is 5.63. The number of nitrogens with zero attached hydrogens (tertiary/aromatic N) is 2. The molecule has 0 radical (unpaired) electrons.